The van der Waals surface area contributed by atoms with Crippen molar-refractivity contribution >= 4 is 40.8 Å². The van der Waals surface area contributed by atoms with Crippen LogP contribution in [0.15, 0.2) is 24.3 Å². The van der Waals surface area contributed by atoms with Crippen molar-refractivity contribution in [3.8, 4) is 0 Å². The zero-order valence-electron chi connectivity index (χ0n) is 17.0. The number of halogens is 2. The first-order valence-corrected chi connectivity index (χ1v) is 9.97. The highest BCUT2D eigenvalue weighted by Crippen LogP contribution is 2.25. The number of rotatable bonds is 6. The minimum Gasteiger partial charge on any atom is -0.461 e. The topological polar surface area (TPSA) is 91.0 Å². The summed E-state index contributed by atoms with van der Waals surface area (Å²) in [6, 6.07) is 6.68. The normalized spacial score (nSPS) is 10.9. The van der Waals surface area contributed by atoms with E-state index >= 15 is 0 Å². The SMILES string of the molecule is CCOC(=O)c1cc(C(=O)Nc2c(C)nn(Cc3ccc(Cl)cc3Cl)c2C)nn1C. The van der Waals surface area contributed by atoms with Crippen molar-refractivity contribution in [2.45, 2.75) is 27.3 Å². The van der Waals surface area contributed by atoms with Crippen molar-refractivity contribution in [1.82, 2.24) is 19.6 Å². The summed E-state index contributed by atoms with van der Waals surface area (Å²) >= 11 is 12.2. The Bertz CT molecular complexity index is 1120. The minimum absolute atomic E-state index is 0.104. The first-order valence-electron chi connectivity index (χ1n) is 9.21. The summed E-state index contributed by atoms with van der Waals surface area (Å²) in [4.78, 5) is 24.7. The average molecular weight is 450 g/mol. The Morgan fingerprint density at radius 2 is 1.90 bits per heavy atom. The van der Waals surface area contributed by atoms with Gasteiger partial charge in [0.05, 0.1) is 30.2 Å². The summed E-state index contributed by atoms with van der Waals surface area (Å²) in [7, 11) is 1.58. The zero-order chi connectivity index (χ0) is 22.0. The Hall–Kier alpha value is -2.84. The third-order valence-corrected chi connectivity index (χ3v) is 5.14. The lowest BCUT2D eigenvalue weighted by Crippen LogP contribution is -2.14. The fourth-order valence-corrected chi connectivity index (χ4v) is 3.46. The average Bonchev–Trinajstić information content (AvgIpc) is 3.19. The van der Waals surface area contributed by atoms with Crippen LogP contribution in [-0.2, 0) is 18.3 Å². The van der Waals surface area contributed by atoms with Crippen molar-refractivity contribution < 1.29 is 14.3 Å². The van der Waals surface area contributed by atoms with Gasteiger partial charge < -0.3 is 10.1 Å². The molecule has 0 fully saturated rings. The van der Waals surface area contributed by atoms with Crippen molar-refractivity contribution in [2.24, 2.45) is 7.05 Å². The molecule has 0 saturated heterocycles. The molecule has 3 aromatic rings. The summed E-state index contributed by atoms with van der Waals surface area (Å²) in [5.74, 6) is -0.983. The maximum Gasteiger partial charge on any atom is 0.356 e. The number of ether oxygens (including phenoxy) is 1. The number of hydrogen-bond acceptors (Lipinski definition) is 5. The number of aromatic nitrogens is 4. The van der Waals surface area contributed by atoms with E-state index in [0.29, 0.717) is 28.0 Å². The Morgan fingerprint density at radius 3 is 2.57 bits per heavy atom. The largest absolute Gasteiger partial charge is 0.461 e. The molecule has 0 unspecified atom stereocenters. The number of carbonyl (C=O) groups excluding carboxylic acids is 2. The molecule has 2 heterocycles. The van der Waals surface area contributed by atoms with Crippen LogP contribution < -0.4 is 5.32 Å². The van der Waals surface area contributed by atoms with Gasteiger partial charge in [0.1, 0.15) is 5.69 Å². The fraction of sp³-hybridized carbons (Fsp3) is 0.300. The Labute approximate surface area is 183 Å². The van der Waals surface area contributed by atoms with Gasteiger partial charge in [0, 0.05) is 23.2 Å². The lowest BCUT2D eigenvalue weighted by Gasteiger charge is -2.08. The molecule has 0 aliphatic carbocycles. The van der Waals surface area contributed by atoms with Crippen LogP contribution in [0.3, 0.4) is 0 Å². The van der Waals surface area contributed by atoms with Crippen LogP contribution in [0.5, 0.6) is 0 Å². The second-order valence-electron chi connectivity index (χ2n) is 6.65. The molecule has 3 rings (SSSR count). The van der Waals surface area contributed by atoms with Crippen LogP contribution in [0, 0.1) is 13.8 Å². The molecule has 0 atom stereocenters. The van der Waals surface area contributed by atoms with Crippen LogP contribution in [0.25, 0.3) is 0 Å². The first-order chi connectivity index (χ1) is 14.2. The van der Waals surface area contributed by atoms with Crippen molar-refractivity contribution in [1.29, 1.82) is 0 Å². The second kappa shape index (κ2) is 8.89. The molecular formula is C20H21Cl2N5O3. The maximum atomic E-state index is 12.7. The highest BCUT2D eigenvalue weighted by Gasteiger charge is 2.21. The monoisotopic (exact) mass is 449 g/mol. The van der Waals surface area contributed by atoms with Crippen LogP contribution >= 0.6 is 23.2 Å². The van der Waals surface area contributed by atoms with E-state index in [1.165, 1.54) is 10.7 Å². The van der Waals surface area contributed by atoms with E-state index in [1.807, 2.05) is 13.0 Å². The summed E-state index contributed by atoms with van der Waals surface area (Å²) in [5.41, 5.74) is 3.14. The lowest BCUT2D eigenvalue weighted by atomic mass is 10.2. The quantitative estimate of drug-likeness (QED) is 0.573. The molecule has 8 nitrogen and oxygen atoms in total. The summed E-state index contributed by atoms with van der Waals surface area (Å²) < 4.78 is 8.04. The molecule has 1 N–H and O–H groups in total. The number of carbonyl (C=O) groups is 2. The number of hydrogen-bond donors (Lipinski definition) is 1. The van der Waals surface area contributed by atoms with Gasteiger partial charge in [-0.3, -0.25) is 14.2 Å². The number of nitrogens with one attached hydrogen (secondary N) is 1. The van der Waals surface area contributed by atoms with E-state index in [0.717, 1.165) is 11.3 Å². The molecule has 0 aliphatic rings. The predicted molar refractivity (Wildman–Crippen MR) is 114 cm³/mol. The molecule has 1 aromatic carbocycles. The molecule has 10 heteroatoms. The zero-order valence-corrected chi connectivity index (χ0v) is 18.5. The van der Waals surface area contributed by atoms with Gasteiger partial charge in [0.15, 0.2) is 5.69 Å². The Kier molecular flexibility index (Phi) is 6.48. The molecule has 0 radical (unpaired) electrons. The summed E-state index contributed by atoms with van der Waals surface area (Å²) in [5, 5.41) is 12.5. The molecule has 30 heavy (non-hydrogen) atoms. The van der Waals surface area contributed by atoms with Crippen LogP contribution in [-0.4, -0.2) is 38.0 Å². The number of amides is 1. The molecule has 0 spiro atoms. The second-order valence-corrected chi connectivity index (χ2v) is 7.50. The van der Waals surface area contributed by atoms with Gasteiger partial charge in [0.25, 0.3) is 5.91 Å². The van der Waals surface area contributed by atoms with Gasteiger partial charge in [-0.15, -0.1) is 0 Å². The van der Waals surface area contributed by atoms with E-state index in [2.05, 4.69) is 15.5 Å². The fourth-order valence-electron chi connectivity index (χ4n) is 2.99. The summed E-state index contributed by atoms with van der Waals surface area (Å²) in [6.07, 6.45) is 0. The van der Waals surface area contributed by atoms with Crippen molar-refractivity contribution in [2.75, 3.05) is 11.9 Å². The molecule has 2 aromatic heterocycles. The first kappa shape index (κ1) is 21.9. The van der Waals surface area contributed by atoms with E-state index in [9.17, 15) is 9.59 Å². The van der Waals surface area contributed by atoms with Crippen LogP contribution in [0.2, 0.25) is 10.0 Å². The van der Waals surface area contributed by atoms with E-state index in [4.69, 9.17) is 27.9 Å². The smallest absolute Gasteiger partial charge is 0.356 e. The number of anilines is 1. The van der Waals surface area contributed by atoms with Crippen molar-refractivity contribution in [3.63, 3.8) is 0 Å². The van der Waals surface area contributed by atoms with Gasteiger partial charge in [-0.2, -0.15) is 10.2 Å². The van der Waals surface area contributed by atoms with Gasteiger partial charge in [-0.1, -0.05) is 29.3 Å². The van der Waals surface area contributed by atoms with Gasteiger partial charge in [-0.05, 0) is 38.5 Å². The summed E-state index contributed by atoms with van der Waals surface area (Å²) in [6.45, 7) is 6.02. The third kappa shape index (κ3) is 4.49. The van der Waals surface area contributed by atoms with E-state index in [-0.39, 0.29) is 18.0 Å². The van der Waals surface area contributed by atoms with Crippen molar-refractivity contribution in [3.05, 3.63) is 62.6 Å². The molecular weight excluding hydrogens is 429 g/mol. The number of nitrogens with zero attached hydrogens (tertiary/aromatic N) is 4. The molecule has 158 valence electrons. The molecule has 1 amide bonds. The van der Waals surface area contributed by atoms with E-state index < -0.39 is 11.9 Å². The Morgan fingerprint density at radius 1 is 1.17 bits per heavy atom. The number of esters is 1. The molecule has 0 bridgehead atoms. The highest BCUT2D eigenvalue weighted by molar-refractivity contribution is 6.35. The van der Waals surface area contributed by atoms with Gasteiger partial charge >= 0.3 is 5.97 Å². The molecule has 0 saturated carbocycles. The standard InChI is InChI=1S/C20H21Cl2N5O3/c1-5-30-20(29)17-9-16(25-26(17)4)19(28)23-18-11(2)24-27(12(18)3)10-13-6-7-14(21)8-15(13)22/h6-9H,5,10H2,1-4H3,(H,23,28). The minimum atomic E-state index is -0.536. The molecule has 0 aliphatic heterocycles. The van der Waals surface area contributed by atoms with Crippen LogP contribution in [0.1, 0.15) is 44.9 Å². The van der Waals surface area contributed by atoms with Gasteiger partial charge in [0.2, 0.25) is 0 Å². The lowest BCUT2D eigenvalue weighted by molar-refractivity contribution is 0.0513. The maximum absolute atomic E-state index is 12.7. The highest BCUT2D eigenvalue weighted by atomic mass is 35.5. The number of benzene rings is 1. The Balaban J connectivity index is 1.81. The van der Waals surface area contributed by atoms with Crippen LogP contribution in [0.4, 0.5) is 5.69 Å². The van der Waals surface area contributed by atoms with E-state index in [1.54, 1.807) is 37.7 Å². The van der Waals surface area contributed by atoms with Gasteiger partial charge in [-0.25, -0.2) is 4.79 Å². The third-order valence-electron chi connectivity index (χ3n) is 4.55. The predicted octanol–water partition coefficient (Wildman–Crippen LogP) is 4.02. The number of aryl methyl sites for hydroxylation is 2.